The van der Waals surface area contributed by atoms with Gasteiger partial charge in [0, 0.05) is 33.1 Å². The molecule has 1 aliphatic heterocycles. The Morgan fingerprint density at radius 1 is 1.26 bits per heavy atom. The first-order valence-electron chi connectivity index (χ1n) is 5.53. The molecule has 0 saturated carbocycles. The Morgan fingerprint density at radius 3 is 2.26 bits per heavy atom. The second-order valence-electron chi connectivity index (χ2n) is 4.10. The lowest BCUT2D eigenvalue weighted by molar-refractivity contribution is -0.129. The van der Waals surface area contributed by atoms with E-state index in [-0.39, 0.29) is 28.2 Å². The quantitative estimate of drug-likeness (QED) is 0.824. The molecule has 0 radical (unpaired) electrons. The number of piperazine rings is 1. The largest absolute Gasteiger partial charge is 0.340 e. The molecule has 1 aromatic rings. The van der Waals surface area contributed by atoms with Crippen molar-refractivity contribution in [1.82, 2.24) is 9.21 Å². The van der Waals surface area contributed by atoms with E-state index in [4.69, 9.17) is 23.2 Å². The minimum absolute atomic E-state index is 0.0421. The van der Waals surface area contributed by atoms with Gasteiger partial charge >= 0.3 is 0 Å². The second kappa shape index (κ2) is 5.57. The maximum absolute atomic E-state index is 12.4. The number of nitrogens with zero attached hydrogens (tertiary/aromatic N) is 2. The number of carbonyl (C=O) groups is 1. The first-order valence-corrected chi connectivity index (χ1v) is 8.54. The van der Waals surface area contributed by atoms with Crippen LogP contribution in [0, 0.1) is 0 Å². The van der Waals surface area contributed by atoms with Crippen molar-refractivity contribution in [3.8, 4) is 0 Å². The number of halogens is 2. The van der Waals surface area contributed by atoms with Crippen LogP contribution in [0.4, 0.5) is 0 Å². The van der Waals surface area contributed by atoms with E-state index in [1.54, 1.807) is 4.90 Å². The molecular weight excluding hydrogens is 331 g/mol. The minimum atomic E-state index is -3.63. The van der Waals surface area contributed by atoms with Crippen molar-refractivity contribution in [3.05, 3.63) is 14.7 Å². The molecule has 0 bridgehead atoms. The van der Waals surface area contributed by atoms with E-state index in [0.29, 0.717) is 17.4 Å². The number of hydrogen-bond acceptors (Lipinski definition) is 4. The van der Waals surface area contributed by atoms with Crippen molar-refractivity contribution in [3.63, 3.8) is 0 Å². The Labute approximate surface area is 125 Å². The molecule has 0 unspecified atom stereocenters. The maximum Gasteiger partial charge on any atom is 0.245 e. The van der Waals surface area contributed by atoms with Crippen LogP contribution in [0.1, 0.15) is 6.92 Å². The van der Waals surface area contributed by atoms with Crippen LogP contribution in [0.5, 0.6) is 0 Å². The van der Waals surface area contributed by atoms with Crippen LogP contribution in [0.15, 0.2) is 11.0 Å². The van der Waals surface area contributed by atoms with Crippen LogP contribution in [0.25, 0.3) is 0 Å². The highest BCUT2D eigenvalue weighted by Gasteiger charge is 2.31. The fourth-order valence-corrected chi connectivity index (χ4v) is 5.42. The highest BCUT2D eigenvalue weighted by molar-refractivity contribution is 7.89. The first kappa shape index (κ1) is 15.1. The fraction of sp³-hybridized carbons (Fsp3) is 0.500. The highest BCUT2D eigenvalue weighted by Crippen LogP contribution is 2.35. The Bertz CT molecular complexity index is 592. The van der Waals surface area contributed by atoms with E-state index in [0.717, 1.165) is 11.3 Å². The molecule has 2 rings (SSSR count). The molecule has 1 saturated heterocycles. The van der Waals surface area contributed by atoms with Gasteiger partial charge in [-0.2, -0.15) is 4.31 Å². The Balaban J connectivity index is 2.19. The van der Waals surface area contributed by atoms with E-state index in [1.165, 1.54) is 17.3 Å². The van der Waals surface area contributed by atoms with Gasteiger partial charge in [-0.15, -0.1) is 11.3 Å². The third kappa shape index (κ3) is 3.05. The molecule has 1 fully saturated rings. The van der Waals surface area contributed by atoms with E-state index in [2.05, 4.69) is 0 Å². The molecule has 0 aliphatic carbocycles. The zero-order chi connectivity index (χ0) is 14.2. The lowest BCUT2D eigenvalue weighted by Gasteiger charge is -2.33. The Hall–Kier alpha value is -0.340. The lowest BCUT2D eigenvalue weighted by Crippen LogP contribution is -2.49. The molecule has 5 nitrogen and oxygen atoms in total. The summed E-state index contributed by atoms with van der Waals surface area (Å²) >= 11 is 12.7. The molecule has 1 aromatic heterocycles. The molecule has 0 atom stereocenters. The summed E-state index contributed by atoms with van der Waals surface area (Å²) in [6.45, 7) is 2.80. The van der Waals surface area contributed by atoms with Crippen LogP contribution in [0.3, 0.4) is 0 Å². The number of rotatable bonds is 2. The summed E-state index contributed by atoms with van der Waals surface area (Å²) in [6.07, 6.45) is 0. The number of hydrogen-bond donors (Lipinski definition) is 0. The zero-order valence-corrected chi connectivity index (χ0v) is 13.2. The lowest BCUT2D eigenvalue weighted by atomic mass is 10.3. The standard InChI is InChI=1S/C10H12Cl2N2O3S2/c1-7(15)13-2-4-14(5-3-13)19(16,17)8-6-9(11)18-10(8)12/h6H,2-5H2,1H3. The van der Waals surface area contributed by atoms with Gasteiger partial charge in [0.1, 0.15) is 9.23 Å². The SMILES string of the molecule is CC(=O)N1CCN(S(=O)(=O)c2cc(Cl)sc2Cl)CC1. The van der Waals surface area contributed by atoms with Gasteiger partial charge in [-0.05, 0) is 6.07 Å². The van der Waals surface area contributed by atoms with E-state index in [9.17, 15) is 13.2 Å². The Kier molecular flexibility index (Phi) is 4.42. The molecule has 106 valence electrons. The Morgan fingerprint density at radius 2 is 1.84 bits per heavy atom. The van der Waals surface area contributed by atoms with Crippen LogP contribution in [-0.2, 0) is 14.8 Å². The summed E-state index contributed by atoms with van der Waals surface area (Å²) in [6, 6.07) is 1.36. The third-order valence-corrected chi connectivity index (χ3v) is 6.58. The van der Waals surface area contributed by atoms with Crippen LogP contribution < -0.4 is 0 Å². The van der Waals surface area contributed by atoms with E-state index >= 15 is 0 Å². The van der Waals surface area contributed by atoms with Gasteiger partial charge in [0.2, 0.25) is 15.9 Å². The van der Waals surface area contributed by atoms with Crippen molar-refractivity contribution in [1.29, 1.82) is 0 Å². The van der Waals surface area contributed by atoms with Gasteiger partial charge in [0.05, 0.1) is 4.34 Å². The second-order valence-corrected chi connectivity index (χ2v) is 8.29. The summed E-state index contributed by atoms with van der Waals surface area (Å²) in [5.41, 5.74) is 0. The third-order valence-electron chi connectivity index (χ3n) is 2.93. The average Bonchev–Trinajstić information content (AvgIpc) is 2.69. The molecule has 0 aromatic carbocycles. The normalized spacial score (nSPS) is 17.7. The fourth-order valence-electron chi connectivity index (χ4n) is 1.88. The summed E-state index contributed by atoms with van der Waals surface area (Å²) in [4.78, 5) is 12.9. The molecular formula is C10H12Cl2N2O3S2. The van der Waals surface area contributed by atoms with Crippen molar-refractivity contribution in [2.45, 2.75) is 11.8 Å². The predicted octanol–water partition coefficient (Wildman–Crippen LogP) is 1.91. The number of sulfonamides is 1. The molecule has 2 heterocycles. The molecule has 0 N–H and O–H groups in total. The number of thiophene rings is 1. The smallest absolute Gasteiger partial charge is 0.245 e. The van der Waals surface area contributed by atoms with Gasteiger partial charge in [-0.3, -0.25) is 4.79 Å². The van der Waals surface area contributed by atoms with E-state index < -0.39 is 10.0 Å². The number of carbonyl (C=O) groups excluding carboxylic acids is 1. The van der Waals surface area contributed by atoms with Crippen LogP contribution >= 0.6 is 34.5 Å². The zero-order valence-electron chi connectivity index (χ0n) is 10.1. The van der Waals surface area contributed by atoms with Crippen molar-refractivity contribution >= 4 is 50.5 Å². The van der Waals surface area contributed by atoms with Gasteiger partial charge in [0.25, 0.3) is 0 Å². The monoisotopic (exact) mass is 342 g/mol. The molecule has 19 heavy (non-hydrogen) atoms. The summed E-state index contributed by atoms with van der Waals surface area (Å²) in [5.74, 6) is -0.0475. The van der Waals surface area contributed by atoms with Gasteiger partial charge in [0.15, 0.2) is 0 Å². The molecule has 1 aliphatic rings. The van der Waals surface area contributed by atoms with Gasteiger partial charge in [-0.1, -0.05) is 23.2 Å². The molecule has 9 heteroatoms. The van der Waals surface area contributed by atoms with Crippen LogP contribution in [0.2, 0.25) is 8.67 Å². The maximum atomic E-state index is 12.4. The summed E-state index contributed by atoms with van der Waals surface area (Å²) < 4.78 is 26.6. The predicted molar refractivity (Wildman–Crippen MR) is 75.4 cm³/mol. The van der Waals surface area contributed by atoms with Crippen molar-refractivity contribution in [2.75, 3.05) is 26.2 Å². The average molecular weight is 343 g/mol. The van der Waals surface area contributed by atoms with Crippen molar-refractivity contribution in [2.24, 2.45) is 0 Å². The molecule has 1 amide bonds. The minimum Gasteiger partial charge on any atom is -0.340 e. The summed E-state index contributed by atoms with van der Waals surface area (Å²) in [7, 11) is -3.63. The number of amides is 1. The summed E-state index contributed by atoms with van der Waals surface area (Å²) in [5, 5.41) is 0. The first-order chi connectivity index (χ1) is 8.82. The van der Waals surface area contributed by atoms with Gasteiger partial charge in [-0.25, -0.2) is 8.42 Å². The van der Waals surface area contributed by atoms with E-state index in [1.807, 2.05) is 0 Å². The highest BCUT2D eigenvalue weighted by atomic mass is 35.5. The van der Waals surface area contributed by atoms with Crippen LogP contribution in [-0.4, -0.2) is 49.7 Å². The topological polar surface area (TPSA) is 57.7 Å². The molecule has 0 spiro atoms. The van der Waals surface area contributed by atoms with Crippen molar-refractivity contribution < 1.29 is 13.2 Å². The van der Waals surface area contributed by atoms with Gasteiger partial charge < -0.3 is 4.90 Å².